The number of nitrogen functional groups attached to an aromatic ring is 1. The van der Waals surface area contributed by atoms with Crippen LogP contribution >= 0.6 is 11.9 Å². The SMILES string of the molecule is CN.COC.CSN(C)c1cc2oc(-c3ccc(F)cc3)c([O-])c2cc1-c1ccc(N)c(C(=O)NCc2ccc(F)cc2)c1.[K+]. The molecule has 45 heavy (non-hydrogen) atoms. The summed E-state index contributed by atoms with van der Waals surface area (Å²) in [6.45, 7) is 0.204. The Labute approximate surface area is 308 Å². The zero-order valence-corrected chi connectivity index (χ0v) is 30.1. The third-order valence-electron chi connectivity index (χ3n) is 6.46. The van der Waals surface area contributed by atoms with Gasteiger partial charge >= 0.3 is 51.4 Å². The summed E-state index contributed by atoms with van der Waals surface area (Å²) < 4.78 is 38.7. The van der Waals surface area contributed by atoms with Crippen molar-refractivity contribution in [1.29, 1.82) is 0 Å². The first-order valence-corrected chi connectivity index (χ1v) is 14.6. The Hall–Kier alpha value is -2.94. The van der Waals surface area contributed by atoms with Crippen molar-refractivity contribution in [3.63, 3.8) is 0 Å². The molecule has 0 aliphatic rings. The van der Waals surface area contributed by atoms with E-state index in [4.69, 9.17) is 10.2 Å². The topological polar surface area (TPSA) is 130 Å². The molecule has 1 heterocycles. The molecule has 0 spiro atoms. The summed E-state index contributed by atoms with van der Waals surface area (Å²) in [4.78, 5) is 13.0. The number of hydrogen-bond donors (Lipinski definition) is 3. The molecule has 0 saturated heterocycles. The number of carbonyl (C=O) groups is 1. The molecule has 0 unspecified atom stereocenters. The molecule has 1 amide bonds. The summed E-state index contributed by atoms with van der Waals surface area (Å²) in [6, 6.07) is 20.0. The van der Waals surface area contributed by atoms with Gasteiger partial charge in [0.05, 0.1) is 11.3 Å². The van der Waals surface area contributed by atoms with Crippen LogP contribution in [0.15, 0.2) is 83.3 Å². The number of rotatable bonds is 7. The number of halogens is 2. The summed E-state index contributed by atoms with van der Waals surface area (Å²) in [7, 11) is 6.63. The van der Waals surface area contributed by atoms with Gasteiger partial charge in [-0.3, -0.25) is 4.79 Å². The number of amides is 1. The Morgan fingerprint density at radius 2 is 1.51 bits per heavy atom. The van der Waals surface area contributed by atoms with Gasteiger partial charge in [-0.05, 0) is 72.8 Å². The van der Waals surface area contributed by atoms with Gasteiger partial charge in [-0.2, -0.15) is 0 Å². The minimum absolute atomic E-state index is 0. The van der Waals surface area contributed by atoms with Crippen molar-refractivity contribution in [1.82, 2.24) is 5.32 Å². The summed E-state index contributed by atoms with van der Waals surface area (Å²) in [6.07, 6.45) is 1.91. The van der Waals surface area contributed by atoms with Crippen LogP contribution in [0.1, 0.15) is 15.9 Å². The van der Waals surface area contributed by atoms with Crippen molar-refractivity contribution in [3.05, 3.63) is 102 Å². The normalized spacial score (nSPS) is 10.1. The summed E-state index contributed by atoms with van der Waals surface area (Å²) in [5, 5.41) is 16.5. The first-order valence-electron chi connectivity index (χ1n) is 13.4. The van der Waals surface area contributed by atoms with E-state index in [1.807, 2.05) is 17.6 Å². The Morgan fingerprint density at radius 3 is 2.09 bits per heavy atom. The third-order valence-corrected chi connectivity index (χ3v) is 7.20. The predicted octanol–water partition coefficient (Wildman–Crippen LogP) is 3.19. The molecule has 0 aliphatic carbocycles. The second kappa shape index (κ2) is 18.3. The van der Waals surface area contributed by atoms with Gasteiger partial charge in [-0.1, -0.05) is 35.9 Å². The van der Waals surface area contributed by atoms with Crippen molar-refractivity contribution in [2.45, 2.75) is 6.54 Å². The Morgan fingerprint density at radius 1 is 0.956 bits per heavy atom. The second-order valence-corrected chi connectivity index (χ2v) is 10.2. The predicted molar refractivity (Wildman–Crippen MR) is 173 cm³/mol. The first kappa shape index (κ1) is 38.2. The van der Waals surface area contributed by atoms with E-state index in [-0.39, 0.29) is 86.7 Å². The quantitative estimate of drug-likeness (QED) is 0.138. The molecular formula is C33H35F2KN4O4S. The zero-order valence-electron chi connectivity index (χ0n) is 26.1. The summed E-state index contributed by atoms with van der Waals surface area (Å²) >= 11 is 1.47. The van der Waals surface area contributed by atoms with Crippen molar-refractivity contribution in [2.75, 3.05) is 44.6 Å². The Bertz CT molecular complexity index is 1700. The number of hydrogen-bond acceptors (Lipinski definition) is 8. The maximum atomic E-state index is 13.4. The molecule has 5 aromatic rings. The van der Waals surface area contributed by atoms with Crippen molar-refractivity contribution in [3.8, 4) is 28.2 Å². The molecule has 5 rings (SSSR count). The van der Waals surface area contributed by atoms with E-state index < -0.39 is 5.82 Å². The molecule has 5 N–H and O–H groups in total. The number of fused-ring (bicyclic) bond motifs is 1. The largest absolute Gasteiger partial charge is 1.00 e. The molecule has 0 radical (unpaired) electrons. The number of carbonyl (C=O) groups excluding carboxylic acids is 1. The maximum absolute atomic E-state index is 13.4. The Balaban J connectivity index is 0.00000111. The average molecular weight is 661 g/mol. The van der Waals surface area contributed by atoms with Crippen molar-refractivity contribution in [2.24, 2.45) is 5.73 Å². The molecule has 4 aromatic carbocycles. The van der Waals surface area contributed by atoms with Crippen LogP contribution in [0, 0.1) is 11.6 Å². The molecule has 0 fully saturated rings. The fourth-order valence-electron chi connectivity index (χ4n) is 4.29. The fourth-order valence-corrected chi connectivity index (χ4v) is 4.64. The maximum Gasteiger partial charge on any atom is 1.00 e. The minimum Gasteiger partial charge on any atom is -0.869 e. The van der Waals surface area contributed by atoms with Crippen LogP contribution in [-0.2, 0) is 11.3 Å². The zero-order chi connectivity index (χ0) is 32.4. The van der Waals surface area contributed by atoms with E-state index in [9.17, 15) is 18.7 Å². The number of nitrogens with one attached hydrogen (secondary N) is 1. The summed E-state index contributed by atoms with van der Waals surface area (Å²) in [5.41, 5.74) is 15.0. The monoisotopic (exact) mass is 660 g/mol. The van der Waals surface area contributed by atoms with Gasteiger partial charge in [0.2, 0.25) is 0 Å². The van der Waals surface area contributed by atoms with Crippen LogP contribution in [0.25, 0.3) is 33.4 Å². The van der Waals surface area contributed by atoms with Crippen molar-refractivity contribution < 1.29 is 79.2 Å². The smallest absolute Gasteiger partial charge is 0.869 e. The van der Waals surface area contributed by atoms with E-state index in [1.165, 1.54) is 55.4 Å². The second-order valence-electron chi connectivity index (χ2n) is 9.33. The van der Waals surface area contributed by atoms with E-state index in [2.05, 4.69) is 15.8 Å². The average Bonchev–Trinajstić information content (AvgIpc) is 3.36. The molecular weight excluding hydrogens is 626 g/mol. The van der Waals surface area contributed by atoms with Crippen LogP contribution < -0.4 is 77.6 Å². The van der Waals surface area contributed by atoms with E-state index in [0.717, 1.165) is 11.3 Å². The number of nitrogens with two attached hydrogens (primary N) is 2. The number of anilines is 2. The van der Waals surface area contributed by atoms with Gasteiger partial charge in [-0.25, -0.2) is 8.78 Å². The molecule has 12 heteroatoms. The molecule has 0 saturated carbocycles. The van der Waals surface area contributed by atoms with Crippen LogP contribution in [-0.4, -0.2) is 40.5 Å². The van der Waals surface area contributed by atoms with Crippen LogP contribution in [0.4, 0.5) is 20.2 Å². The summed E-state index contributed by atoms with van der Waals surface area (Å²) in [5.74, 6) is -1.34. The molecule has 1 aromatic heterocycles. The standard InChI is InChI=1S/C30H25F2N3O3S.C2H6O.CH5N.K/c1-35(39-2)26-15-27-24(28(36)29(38-27)18-5-10-21(32)11-6-18)14-22(26)19-7-12-25(33)23(13-19)30(37)34-16-17-3-8-20(31)9-4-17;1-3-2;1-2;/h3-15,36H,16,33H2,1-2H3,(H,34,37);1-2H3;2H2,1H3;/q;;;+1/p-1. The molecule has 0 bridgehead atoms. The van der Waals surface area contributed by atoms with E-state index in [1.54, 1.807) is 56.7 Å². The van der Waals surface area contributed by atoms with Gasteiger partial charge in [0.15, 0.2) is 0 Å². The Kier molecular flexibility index (Phi) is 15.5. The van der Waals surface area contributed by atoms with Gasteiger partial charge < -0.3 is 35.3 Å². The van der Waals surface area contributed by atoms with Crippen LogP contribution in [0.3, 0.4) is 0 Å². The van der Waals surface area contributed by atoms with Gasteiger partial charge in [-0.15, -0.1) is 0 Å². The number of furan rings is 1. The molecule has 0 aliphatic heterocycles. The van der Waals surface area contributed by atoms with Gasteiger partial charge in [0.1, 0.15) is 23.0 Å². The number of benzene rings is 4. The first-order chi connectivity index (χ1) is 21.2. The fraction of sp³-hybridized carbons (Fsp3) is 0.182. The van der Waals surface area contributed by atoms with Gasteiger partial charge in [0.25, 0.3) is 5.91 Å². The molecule has 0 atom stereocenters. The van der Waals surface area contributed by atoms with E-state index >= 15 is 0 Å². The molecule has 8 nitrogen and oxygen atoms in total. The van der Waals surface area contributed by atoms with E-state index in [0.29, 0.717) is 33.3 Å². The number of methoxy groups -OCH3 is 1. The minimum atomic E-state index is -0.408. The number of nitrogens with zero attached hydrogens (tertiary/aromatic N) is 1. The third kappa shape index (κ3) is 9.53. The van der Waals surface area contributed by atoms with Crippen molar-refractivity contribution >= 4 is 40.2 Å². The molecule has 232 valence electrons. The number of ether oxygens (including phenoxy) is 1. The van der Waals surface area contributed by atoms with Crippen LogP contribution in [0.2, 0.25) is 0 Å². The van der Waals surface area contributed by atoms with Gasteiger partial charge in [0, 0.05) is 62.3 Å². The van der Waals surface area contributed by atoms with Crippen LogP contribution in [0.5, 0.6) is 5.75 Å².